The van der Waals surface area contributed by atoms with Gasteiger partial charge in [-0.25, -0.2) is 10.9 Å². The predicted molar refractivity (Wildman–Crippen MR) is 168 cm³/mol. The highest BCUT2D eigenvalue weighted by Crippen LogP contribution is 2.26. The topological polar surface area (TPSA) is 126 Å². The van der Waals surface area contributed by atoms with Crippen molar-refractivity contribution >= 4 is 5.91 Å². The highest BCUT2D eigenvalue weighted by molar-refractivity contribution is 5.78. The van der Waals surface area contributed by atoms with E-state index in [0.717, 1.165) is 104 Å². The largest absolute Gasteiger partial charge is 0.380 e. The third-order valence-electron chi connectivity index (χ3n) is 10.6. The van der Waals surface area contributed by atoms with Gasteiger partial charge in [-0.05, 0) is 89.4 Å². The summed E-state index contributed by atoms with van der Waals surface area (Å²) < 4.78 is 6.16. The van der Waals surface area contributed by atoms with Gasteiger partial charge in [0, 0.05) is 57.0 Å². The summed E-state index contributed by atoms with van der Waals surface area (Å²) >= 11 is 0. The van der Waals surface area contributed by atoms with E-state index < -0.39 is 0 Å². The summed E-state index contributed by atoms with van der Waals surface area (Å²) in [6, 6.07) is 1.40. The maximum Gasteiger partial charge on any atom is 0.223 e. The Morgan fingerprint density at radius 1 is 0.905 bits per heavy atom. The second kappa shape index (κ2) is 17.6. The molecule has 1 saturated carbocycles. The minimum atomic E-state index is 0.127. The lowest BCUT2D eigenvalue weighted by Gasteiger charge is -2.36. The second-order valence-corrected chi connectivity index (χ2v) is 13.4. The molecule has 4 heterocycles. The van der Waals surface area contributed by atoms with E-state index in [9.17, 15) is 4.79 Å². The summed E-state index contributed by atoms with van der Waals surface area (Å²) in [5.41, 5.74) is 7.19. The van der Waals surface area contributed by atoms with Crippen molar-refractivity contribution in [3.63, 3.8) is 0 Å². The molecule has 5 aliphatic rings. The first-order chi connectivity index (χ1) is 20.7. The summed E-state index contributed by atoms with van der Waals surface area (Å²) in [7, 11) is 0. The maximum absolute atomic E-state index is 13.2. The minimum absolute atomic E-state index is 0.127. The normalized spacial score (nSPS) is 36.6. The number of carbonyl (C=O) groups excluding carboxylic acids is 1. The van der Waals surface area contributed by atoms with Crippen molar-refractivity contribution in [3.8, 4) is 0 Å². The lowest BCUT2D eigenvalue weighted by Crippen LogP contribution is -2.59. The molecular weight excluding hydrogens is 530 g/mol. The summed E-state index contributed by atoms with van der Waals surface area (Å²) in [4.78, 5) is 15.7. The highest BCUT2D eigenvalue weighted by atomic mass is 16.5. The van der Waals surface area contributed by atoms with E-state index in [4.69, 9.17) is 4.74 Å². The van der Waals surface area contributed by atoms with Gasteiger partial charge in [0.25, 0.3) is 0 Å². The molecule has 0 spiro atoms. The summed E-state index contributed by atoms with van der Waals surface area (Å²) in [6.45, 7) is 11.6. The molecule has 42 heavy (non-hydrogen) atoms. The average Bonchev–Trinajstić information content (AvgIpc) is 3.46. The number of ether oxygens (including phenoxy) is 1. The third-order valence-corrected chi connectivity index (χ3v) is 10.6. The van der Waals surface area contributed by atoms with Crippen LogP contribution in [0.3, 0.4) is 0 Å². The van der Waals surface area contributed by atoms with Gasteiger partial charge in [0.1, 0.15) is 0 Å². The molecular formula is C31H61N9O2. The standard InChI is InChI=1S/C31H61N9O2/c1-2-23-19-32-13-9-25(23)20-36-31(41)24-6-5-8-27(18-24)35-21-29-38-39-30(28-10-14-33-22-37-28)40(29)15-17-42-16-11-26-7-3-4-12-34-26/h23-30,32-35,37-39H,2-22H2,1H3,(H,36,41). The van der Waals surface area contributed by atoms with Gasteiger partial charge in [-0.1, -0.05) is 26.2 Å². The summed E-state index contributed by atoms with van der Waals surface area (Å²) in [6.07, 6.45) is 13.1. The van der Waals surface area contributed by atoms with E-state index in [-0.39, 0.29) is 24.2 Å². The molecule has 11 heteroatoms. The first-order valence-electron chi connectivity index (χ1n) is 17.4. The zero-order valence-electron chi connectivity index (χ0n) is 26.2. The number of hydrazine groups is 1. The molecule has 8 unspecified atom stereocenters. The fraction of sp³-hybridized carbons (Fsp3) is 0.968. The van der Waals surface area contributed by atoms with Gasteiger partial charge in [-0.15, -0.1) is 0 Å². The average molecular weight is 592 g/mol. The van der Waals surface area contributed by atoms with Gasteiger partial charge < -0.3 is 31.3 Å². The van der Waals surface area contributed by atoms with Gasteiger partial charge in [0.15, 0.2) is 0 Å². The lowest BCUT2D eigenvalue weighted by atomic mass is 9.83. The number of nitrogens with zero attached hydrogens (tertiary/aromatic N) is 1. The molecule has 8 atom stereocenters. The Morgan fingerprint density at radius 2 is 1.83 bits per heavy atom. The van der Waals surface area contributed by atoms with Crippen molar-refractivity contribution in [1.29, 1.82) is 0 Å². The summed E-state index contributed by atoms with van der Waals surface area (Å²) in [5, 5.41) is 21.4. The Bertz CT molecular complexity index is 780. The molecule has 5 rings (SSSR count). The van der Waals surface area contributed by atoms with Crippen LogP contribution in [0, 0.1) is 17.8 Å². The molecule has 0 bridgehead atoms. The fourth-order valence-corrected chi connectivity index (χ4v) is 7.92. The number of hydrogen-bond acceptors (Lipinski definition) is 10. The van der Waals surface area contributed by atoms with Gasteiger partial charge in [-0.3, -0.25) is 15.0 Å². The van der Waals surface area contributed by atoms with Crippen LogP contribution in [-0.4, -0.2) is 107 Å². The minimum Gasteiger partial charge on any atom is -0.380 e. The molecule has 4 aliphatic heterocycles. The molecule has 8 N–H and O–H groups in total. The molecule has 0 aromatic rings. The molecule has 0 aromatic carbocycles. The fourth-order valence-electron chi connectivity index (χ4n) is 7.92. The van der Waals surface area contributed by atoms with Crippen molar-refractivity contribution in [2.45, 2.75) is 108 Å². The number of rotatable bonds is 14. The van der Waals surface area contributed by atoms with E-state index in [1.165, 1.54) is 32.1 Å². The first-order valence-corrected chi connectivity index (χ1v) is 17.4. The quantitative estimate of drug-likeness (QED) is 0.135. The van der Waals surface area contributed by atoms with Crippen LogP contribution in [0.1, 0.15) is 77.6 Å². The van der Waals surface area contributed by atoms with Gasteiger partial charge in [0.2, 0.25) is 5.91 Å². The SMILES string of the molecule is CCC1CNCCC1CNC(=O)C1CCCC(NCC2NNC(C3CCNCN3)N2CCOCCC2CCCCN2)C1. The van der Waals surface area contributed by atoms with Crippen molar-refractivity contribution in [1.82, 2.24) is 47.7 Å². The third kappa shape index (κ3) is 9.55. The van der Waals surface area contributed by atoms with Gasteiger partial charge in [-0.2, -0.15) is 0 Å². The smallest absolute Gasteiger partial charge is 0.223 e. The molecule has 0 radical (unpaired) electrons. The van der Waals surface area contributed by atoms with E-state index in [2.05, 4.69) is 54.6 Å². The maximum atomic E-state index is 13.2. The predicted octanol–water partition coefficient (Wildman–Crippen LogP) is 0.407. The Morgan fingerprint density at radius 3 is 2.67 bits per heavy atom. The molecule has 11 nitrogen and oxygen atoms in total. The van der Waals surface area contributed by atoms with E-state index in [1.54, 1.807) is 0 Å². The molecule has 4 saturated heterocycles. The number of amides is 1. The van der Waals surface area contributed by atoms with Crippen molar-refractivity contribution in [3.05, 3.63) is 0 Å². The van der Waals surface area contributed by atoms with Gasteiger partial charge in [0.05, 0.1) is 18.9 Å². The van der Waals surface area contributed by atoms with Crippen LogP contribution < -0.4 is 42.8 Å². The molecule has 0 aromatic heterocycles. The molecule has 5 fully saturated rings. The number of nitrogens with one attached hydrogen (secondary N) is 8. The molecule has 1 amide bonds. The van der Waals surface area contributed by atoms with Crippen molar-refractivity contribution in [2.75, 3.05) is 65.7 Å². The number of hydrogen-bond donors (Lipinski definition) is 8. The monoisotopic (exact) mass is 591 g/mol. The van der Waals surface area contributed by atoms with Crippen LogP contribution in [0.2, 0.25) is 0 Å². The lowest BCUT2D eigenvalue weighted by molar-refractivity contribution is -0.126. The molecule has 242 valence electrons. The van der Waals surface area contributed by atoms with E-state index in [0.29, 0.717) is 30.0 Å². The first kappa shape index (κ1) is 32.5. The van der Waals surface area contributed by atoms with Crippen LogP contribution >= 0.6 is 0 Å². The van der Waals surface area contributed by atoms with Crippen LogP contribution in [0.15, 0.2) is 0 Å². The van der Waals surface area contributed by atoms with E-state index in [1.807, 2.05) is 0 Å². The zero-order chi connectivity index (χ0) is 29.0. The number of piperidine rings is 2. The van der Waals surface area contributed by atoms with Crippen molar-refractivity contribution < 1.29 is 9.53 Å². The highest BCUT2D eigenvalue weighted by Gasteiger charge is 2.38. The second-order valence-electron chi connectivity index (χ2n) is 13.4. The Kier molecular flexibility index (Phi) is 13.6. The Balaban J connectivity index is 1.06. The van der Waals surface area contributed by atoms with Gasteiger partial charge >= 0.3 is 0 Å². The molecule has 1 aliphatic carbocycles. The van der Waals surface area contributed by atoms with Crippen LogP contribution in [-0.2, 0) is 9.53 Å². The Hall–Kier alpha value is -0.890. The summed E-state index contributed by atoms with van der Waals surface area (Å²) in [5.74, 6) is 1.69. The van der Waals surface area contributed by atoms with Crippen LogP contribution in [0.4, 0.5) is 0 Å². The zero-order valence-corrected chi connectivity index (χ0v) is 26.2. The van der Waals surface area contributed by atoms with E-state index >= 15 is 0 Å². The Labute approximate surface area is 254 Å². The van der Waals surface area contributed by atoms with Crippen LogP contribution in [0.5, 0.6) is 0 Å². The number of carbonyl (C=O) groups is 1. The van der Waals surface area contributed by atoms with Crippen molar-refractivity contribution in [2.24, 2.45) is 17.8 Å². The van der Waals surface area contributed by atoms with Crippen LogP contribution in [0.25, 0.3) is 0 Å².